The molecule has 0 N–H and O–H groups in total. The summed E-state index contributed by atoms with van der Waals surface area (Å²) in [6.07, 6.45) is 3.94. The van der Waals surface area contributed by atoms with Gasteiger partial charge in [0.15, 0.2) is 5.82 Å². The molecule has 6 nitrogen and oxygen atoms in total. The molecule has 0 saturated carbocycles. The van der Waals surface area contributed by atoms with Gasteiger partial charge in [-0.3, -0.25) is 4.79 Å². The minimum atomic E-state index is 0.165. The molecule has 0 spiro atoms. The number of piperidine rings is 1. The van der Waals surface area contributed by atoms with Gasteiger partial charge in [-0.2, -0.15) is 5.10 Å². The summed E-state index contributed by atoms with van der Waals surface area (Å²) in [5.74, 6) is 3.42. The van der Waals surface area contributed by atoms with E-state index in [1.165, 1.54) is 0 Å². The first kappa shape index (κ1) is 19.1. The van der Waals surface area contributed by atoms with Crippen LogP contribution in [0.5, 0.6) is 5.75 Å². The Morgan fingerprint density at radius 3 is 2.70 bits per heavy atom. The SMILES string of the molecule is C=CCN1C[C@@H](c2nc(CC(C)C)nn2-c2ccc(OC)cc2)CCC1=O. The van der Waals surface area contributed by atoms with Crippen molar-refractivity contribution in [3.05, 3.63) is 48.6 Å². The highest BCUT2D eigenvalue weighted by Gasteiger charge is 2.30. The molecule has 1 aliphatic rings. The Hall–Kier alpha value is -2.63. The lowest BCUT2D eigenvalue weighted by molar-refractivity contribution is -0.133. The number of ether oxygens (including phenoxy) is 1. The summed E-state index contributed by atoms with van der Waals surface area (Å²) in [4.78, 5) is 18.9. The van der Waals surface area contributed by atoms with Crippen molar-refractivity contribution in [2.75, 3.05) is 20.2 Å². The molecule has 0 radical (unpaired) electrons. The van der Waals surface area contributed by atoms with Gasteiger partial charge >= 0.3 is 0 Å². The molecular formula is C21H28N4O2. The van der Waals surface area contributed by atoms with Crippen molar-refractivity contribution < 1.29 is 9.53 Å². The fourth-order valence-electron chi connectivity index (χ4n) is 3.46. The predicted octanol–water partition coefficient (Wildman–Crippen LogP) is 3.37. The molecule has 27 heavy (non-hydrogen) atoms. The smallest absolute Gasteiger partial charge is 0.222 e. The summed E-state index contributed by atoms with van der Waals surface area (Å²) < 4.78 is 7.20. The third kappa shape index (κ3) is 4.38. The summed E-state index contributed by atoms with van der Waals surface area (Å²) in [5, 5.41) is 4.78. The van der Waals surface area contributed by atoms with Gasteiger partial charge in [0.25, 0.3) is 0 Å². The summed E-state index contributed by atoms with van der Waals surface area (Å²) in [7, 11) is 1.66. The zero-order valence-electron chi connectivity index (χ0n) is 16.4. The quantitative estimate of drug-likeness (QED) is 0.703. The third-order valence-electron chi connectivity index (χ3n) is 4.80. The topological polar surface area (TPSA) is 60.3 Å². The zero-order valence-corrected chi connectivity index (χ0v) is 16.4. The van der Waals surface area contributed by atoms with E-state index < -0.39 is 0 Å². The molecule has 1 aromatic heterocycles. The van der Waals surface area contributed by atoms with Crippen molar-refractivity contribution in [2.45, 2.75) is 39.0 Å². The van der Waals surface area contributed by atoms with E-state index in [-0.39, 0.29) is 11.8 Å². The number of hydrogen-bond donors (Lipinski definition) is 0. The Balaban J connectivity index is 1.95. The first-order valence-electron chi connectivity index (χ1n) is 9.50. The monoisotopic (exact) mass is 368 g/mol. The van der Waals surface area contributed by atoms with Crippen LogP contribution in [0, 0.1) is 5.92 Å². The zero-order chi connectivity index (χ0) is 19.4. The number of carbonyl (C=O) groups excluding carboxylic acids is 1. The third-order valence-corrected chi connectivity index (χ3v) is 4.80. The standard InChI is InChI=1S/C21H28N4O2/c1-5-12-24-14-16(6-11-20(24)26)21-22-19(13-15(2)3)23-25(21)17-7-9-18(27-4)10-8-17/h5,7-10,15-16H,1,6,11-14H2,2-4H3/t16-/m0/s1. The molecule has 144 valence electrons. The number of methoxy groups -OCH3 is 1. The van der Waals surface area contributed by atoms with Crippen LogP contribution >= 0.6 is 0 Å². The van der Waals surface area contributed by atoms with Crippen LogP contribution < -0.4 is 4.74 Å². The van der Waals surface area contributed by atoms with E-state index in [1.54, 1.807) is 13.2 Å². The Bertz CT molecular complexity index is 795. The summed E-state index contributed by atoms with van der Waals surface area (Å²) >= 11 is 0. The van der Waals surface area contributed by atoms with Crippen molar-refractivity contribution >= 4 is 5.91 Å². The van der Waals surface area contributed by atoms with Crippen molar-refractivity contribution in [1.82, 2.24) is 19.7 Å². The molecule has 1 aliphatic heterocycles. The van der Waals surface area contributed by atoms with Gasteiger partial charge in [-0.05, 0) is 36.6 Å². The van der Waals surface area contributed by atoms with Gasteiger partial charge in [0.2, 0.25) is 5.91 Å². The van der Waals surface area contributed by atoms with Gasteiger partial charge in [0.05, 0.1) is 12.8 Å². The largest absolute Gasteiger partial charge is 0.497 e. The van der Waals surface area contributed by atoms with Crippen LogP contribution in [0.1, 0.15) is 44.3 Å². The van der Waals surface area contributed by atoms with Gasteiger partial charge in [-0.15, -0.1) is 6.58 Å². The lowest BCUT2D eigenvalue weighted by Crippen LogP contribution is -2.39. The van der Waals surface area contributed by atoms with Crippen molar-refractivity contribution in [1.29, 1.82) is 0 Å². The maximum atomic E-state index is 12.2. The van der Waals surface area contributed by atoms with Crippen LogP contribution in [0.3, 0.4) is 0 Å². The highest BCUT2D eigenvalue weighted by molar-refractivity contribution is 5.77. The van der Waals surface area contributed by atoms with Gasteiger partial charge in [-0.25, -0.2) is 9.67 Å². The maximum absolute atomic E-state index is 12.2. The number of nitrogens with zero attached hydrogens (tertiary/aromatic N) is 4. The number of likely N-dealkylation sites (tertiary alicyclic amines) is 1. The molecular weight excluding hydrogens is 340 g/mol. The fraction of sp³-hybridized carbons (Fsp3) is 0.476. The molecule has 0 bridgehead atoms. The second kappa shape index (κ2) is 8.37. The summed E-state index contributed by atoms with van der Waals surface area (Å²) in [6, 6.07) is 7.84. The van der Waals surface area contributed by atoms with E-state index in [9.17, 15) is 4.79 Å². The maximum Gasteiger partial charge on any atom is 0.222 e. The molecule has 0 unspecified atom stereocenters. The molecule has 6 heteroatoms. The molecule has 1 aromatic carbocycles. The lowest BCUT2D eigenvalue weighted by Gasteiger charge is -2.31. The predicted molar refractivity (Wildman–Crippen MR) is 105 cm³/mol. The van der Waals surface area contributed by atoms with E-state index >= 15 is 0 Å². The number of rotatable bonds is 7. The molecule has 1 amide bonds. The Kier molecular flexibility index (Phi) is 5.94. The van der Waals surface area contributed by atoms with E-state index in [2.05, 4.69) is 20.4 Å². The number of benzene rings is 1. The van der Waals surface area contributed by atoms with E-state index in [0.717, 1.165) is 35.9 Å². The number of aromatic nitrogens is 3. The number of carbonyl (C=O) groups is 1. The van der Waals surface area contributed by atoms with Crippen LogP contribution in [0.15, 0.2) is 36.9 Å². The first-order chi connectivity index (χ1) is 13.0. The van der Waals surface area contributed by atoms with Crippen molar-refractivity contribution in [3.8, 4) is 11.4 Å². The van der Waals surface area contributed by atoms with Crippen molar-refractivity contribution in [3.63, 3.8) is 0 Å². The molecule has 0 aliphatic carbocycles. The summed E-state index contributed by atoms with van der Waals surface area (Å²) in [5.41, 5.74) is 0.959. The average molecular weight is 368 g/mol. The van der Waals surface area contributed by atoms with Crippen LogP contribution in [0.4, 0.5) is 0 Å². The molecule has 1 fully saturated rings. The average Bonchev–Trinajstić information content (AvgIpc) is 3.07. The van der Waals surface area contributed by atoms with E-state index in [0.29, 0.717) is 25.4 Å². The molecule has 1 atom stereocenters. The minimum absolute atomic E-state index is 0.165. The normalized spacial score (nSPS) is 17.4. The first-order valence-corrected chi connectivity index (χ1v) is 9.50. The van der Waals surface area contributed by atoms with Crippen LogP contribution in [0.2, 0.25) is 0 Å². The summed E-state index contributed by atoms with van der Waals surface area (Å²) in [6.45, 7) is 9.33. The number of hydrogen-bond acceptors (Lipinski definition) is 4. The van der Waals surface area contributed by atoms with Gasteiger partial charge in [0.1, 0.15) is 11.6 Å². The van der Waals surface area contributed by atoms with Gasteiger partial charge in [-0.1, -0.05) is 19.9 Å². The second-order valence-electron chi connectivity index (χ2n) is 7.42. The van der Waals surface area contributed by atoms with Gasteiger partial charge in [0, 0.05) is 31.8 Å². The molecule has 1 saturated heterocycles. The fourth-order valence-corrected chi connectivity index (χ4v) is 3.46. The van der Waals surface area contributed by atoms with Crippen LogP contribution in [0.25, 0.3) is 5.69 Å². The van der Waals surface area contributed by atoms with Crippen molar-refractivity contribution in [2.24, 2.45) is 5.92 Å². The Morgan fingerprint density at radius 1 is 1.33 bits per heavy atom. The highest BCUT2D eigenvalue weighted by atomic mass is 16.5. The second-order valence-corrected chi connectivity index (χ2v) is 7.42. The number of amides is 1. The molecule has 2 aromatic rings. The minimum Gasteiger partial charge on any atom is -0.497 e. The van der Waals surface area contributed by atoms with E-state index in [1.807, 2.05) is 33.8 Å². The Morgan fingerprint density at radius 2 is 2.07 bits per heavy atom. The van der Waals surface area contributed by atoms with Crippen LogP contribution in [-0.2, 0) is 11.2 Å². The molecule has 3 rings (SSSR count). The highest BCUT2D eigenvalue weighted by Crippen LogP contribution is 2.29. The van der Waals surface area contributed by atoms with Crippen LogP contribution in [-0.4, -0.2) is 45.8 Å². The van der Waals surface area contributed by atoms with E-state index in [4.69, 9.17) is 14.8 Å². The Labute approximate surface area is 160 Å². The molecule has 2 heterocycles. The lowest BCUT2D eigenvalue weighted by atomic mass is 9.96. The van der Waals surface area contributed by atoms with Gasteiger partial charge < -0.3 is 9.64 Å².